The molecule has 0 spiro atoms. The summed E-state index contributed by atoms with van der Waals surface area (Å²) in [5, 5.41) is 0. The van der Waals surface area contributed by atoms with Crippen LogP contribution in [0.2, 0.25) is 0 Å². The highest BCUT2D eigenvalue weighted by atomic mass is 14.4. The van der Waals surface area contributed by atoms with Gasteiger partial charge in [0.2, 0.25) is 0 Å². The smallest absolute Gasteiger partial charge is 0.0169 e. The van der Waals surface area contributed by atoms with Gasteiger partial charge in [0.25, 0.3) is 0 Å². The molecular weight excluding hydrogens is 300 g/mol. The van der Waals surface area contributed by atoms with E-state index < -0.39 is 0 Å². The predicted molar refractivity (Wildman–Crippen MR) is 111 cm³/mol. The molecule has 0 saturated heterocycles. The van der Waals surface area contributed by atoms with E-state index in [9.17, 15) is 0 Å². The maximum atomic E-state index is 4.29. The van der Waals surface area contributed by atoms with E-state index in [1.807, 2.05) is 0 Å². The molecule has 3 rings (SSSR count). The fourth-order valence-electron chi connectivity index (χ4n) is 5.70. The van der Waals surface area contributed by atoms with Crippen molar-refractivity contribution in [3.05, 3.63) is 35.5 Å². The van der Waals surface area contributed by atoms with Crippen molar-refractivity contribution in [1.82, 2.24) is 0 Å². The van der Waals surface area contributed by atoms with Gasteiger partial charge in [0.1, 0.15) is 0 Å². The standard InChI is InChI=1S/C25H40/c1-19(2)9-4-6-12-22-17-18-25-23(13-8-14-24(22)25)16-15-21-11-7-5-10-20(21)3/h15-16,19,22,24-25H,3-14,17-18H2,1-2H3/b21-15-,23-16+. The van der Waals surface area contributed by atoms with E-state index in [1.165, 1.54) is 89.0 Å². The second-order valence-electron chi connectivity index (χ2n) is 9.42. The third-order valence-corrected chi connectivity index (χ3v) is 7.18. The van der Waals surface area contributed by atoms with Crippen molar-refractivity contribution >= 4 is 0 Å². The lowest BCUT2D eigenvalue weighted by atomic mass is 9.73. The summed E-state index contributed by atoms with van der Waals surface area (Å²) < 4.78 is 0. The highest BCUT2D eigenvalue weighted by molar-refractivity contribution is 5.35. The molecule has 0 aromatic carbocycles. The third kappa shape index (κ3) is 5.11. The van der Waals surface area contributed by atoms with Crippen molar-refractivity contribution in [3.8, 4) is 0 Å². The summed E-state index contributed by atoms with van der Waals surface area (Å²) in [6.07, 6.45) is 23.3. The minimum Gasteiger partial charge on any atom is -0.0956 e. The lowest BCUT2D eigenvalue weighted by molar-refractivity contribution is 0.261. The van der Waals surface area contributed by atoms with Gasteiger partial charge >= 0.3 is 0 Å². The lowest BCUT2D eigenvalue weighted by Crippen LogP contribution is -2.21. The maximum Gasteiger partial charge on any atom is -0.0169 e. The van der Waals surface area contributed by atoms with E-state index in [4.69, 9.17) is 0 Å². The van der Waals surface area contributed by atoms with Crippen molar-refractivity contribution in [2.75, 3.05) is 0 Å². The Morgan fingerprint density at radius 2 is 1.80 bits per heavy atom. The normalized spacial score (nSPS) is 33.4. The SMILES string of the molecule is C=C1CCCC/C1=C/C=C1\CCCC2C(CCCCC(C)C)CCC12. The first kappa shape index (κ1) is 19.0. The molecule has 3 unspecified atom stereocenters. The summed E-state index contributed by atoms with van der Waals surface area (Å²) >= 11 is 0. The average molecular weight is 341 g/mol. The van der Waals surface area contributed by atoms with Crippen LogP contribution in [-0.4, -0.2) is 0 Å². The van der Waals surface area contributed by atoms with Gasteiger partial charge in [-0.2, -0.15) is 0 Å². The van der Waals surface area contributed by atoms with E-state index >= 15 is 0 Å². The molecule has 0 N–H and O–H groups in total. The molecule has 0 nitrogen and oxygen atoms in total. The fourth-order valence-corrected chi connectivity index (χ4v) is 5.70. The van der Waals surface area contributed by atoms with Crippen LogP contribution in [-0.2, 0) is 0 Å². The Hall–Kier alpha value is -0.780. The summed E-state index contributed by atoms with van der Waals surface area (Å²) in [7, 11) is 0. The molecule has 25 heavy (non-hydrogen) atoms. The van der Waals surface area contributed by atoms with E-state index in [-0.39, 0.29) is 0 Å². The van der Waals surface area contributed by atoms with E-state index in [0.717, 1.165) is 23.7 Å². The quantitative estimate of drug-likeness (QED) is 0.429. The fraction of sp³-hybridized carbons (Fsp3) is 0.760. The Balaban J connectivity index is 1.56. The van der Waals surface area contributed by atoms with Crippen molar-refractivity contribution in [2.45, 2.75) is 97.3 Å². The Bertz CT molecular complexity index is 504. The highest BCUT2D eigenvalue weighted by Gasteiger charge is 2.38. The van der Waals surface area contributed by atoms with Crippen molar-refractivity contribution in [2.24, 2.45) is 23.7 Å². The van der Waals surface area contributed by atoms with Crippen LogP contribution in [0, 0.1) is 23.7 Å². The molecule has 0 heterocycles. The zero-order valence-electron chi connectivity index (χ0n) is 16.9. The second-order valence-corrected chi connectivity index (χ2v) is 9.42. The minimum absolute atomic E-state index is 0.878. The van der Waals surface area contributed by atoms with Crippen LogP contribution in [0.1, 0.15) is 97.3 Å². The van der Waals surface area contributed by atoms with Crippen LogP contribution < -0.4 is 0 Å². The second kappa shape index (κ2) is 9.24. The summed E-state index contributed by atoms with van der Waals surface area (Å²) in [4.78, 5) is 0. The van der Waals surface area contributed by atoms with Gasteiger partial charge in [-0.15, -0.1) is 0 Å². The molecule has 3 aliphatic rings. The van der Waals surface area contributed by atoms with Gasteiger partial charge in [-0.05, 0) is 87.0 Å². The van der Waals surface area contributed by atoms with Crippen LogP contribution in [0.3, 0.4) is 0 Å². The van der Waals surface area contributed by atoms with Gasteiger partial charge in [0.05, 0.1) is 0 Å². The topological polar surface area (TPSA) is 0 Å². The molecule has 3 saturated carbocycles. The molecule has 0 aliphatic heterocycles. The van der Waals surface area contributed by atoms with Gasteiger partial charge in [-0.1, -0.05) is 69.4 Å². The minimum atomic E-state index is 0.878. The number of rotatable bonds is 6. The van der Waals surface area contributed by atoms with E-state index in [0.29, 0.717) is 0 Å². The molecule has 3 atom stereocenters. The summed E-state index contributed by atoms with van der Waals surface area (Å²) in [5.41, 5.74) is 4.74. The van der Waals surface area contributed by atoms with Gasteiger partial charge in [-0.25, -0.2) is 0 Å². The van der Waals surface area contributed by atoms with Crippen LogP contribution in [0.25, 0.3) is 0 Å². The molecular formula is C25H40. The summed E-state index contributed by atoms with van der Waals surface area (Å²) in [5.74, 6) is 3.82. The van der Waals surface area contributed by atoms with Crippen LogP contribution in [0.4, 0.5) is 0 Å². The first-order valence-electron chi connectivity index (χ1n) is 11.2. The highest BCUT2D eigenvalue weighted by Crippen LogP contribution is 2.50. The number of allylic oxidation sites excluding steroid dienone is 5. The Labute approximate surface area is 156 Å². The van der Waals surface area contributed by atoms with E-state index in [1.54, 1.807) is 11.1 Å². The van der Waals surface area contributed by atoms with Gasteiger partial charge in [0, 0.05) is 0 Å². The predicted octanol–water partition coefficient (Wildman–Crippen LogP) is 8.01. The van der Waals surface area contributed by atoms with Gasteiger partial charge in [-0.3, -0.25) is 0 Å². The van der Waals surface area contributed by atoms with Crippen LogP contribution in [0.15, 0.2) is 35.5 Å². The van der Waals surface area contributed by atoms with Gasteiger partial charge < -0.3 is 0 Å². The lowest BCUT2D eigenvalue weighted by Gasteiger charge is -2.32. The molecule has 0 bridgehead atoms. The molecule has 3 fully saturated rings. The van der Waals surface area contributed by atoms with Gasteiger partial charge in [0.15, 0.2) is 0 Å². The molecule has 0 aromatic rings. The Kier molecular flexibility index (Phi) is 7.02. The van der Waals surface area contributed by atoms with E-state index in [2.05, 4.69) is 32.6 Å². The Morgan fingerprint density at radius 1 is 0.960 bits per heavy atom. The molecule has 0 heteroatoms. The molecule has 0 aromatic heterocycles. The zero-order chi connectivity index (χ0) is 17.6. The van der Waals surface area contributed by atoms with Crippen molar-refractivity contribution < 1.29 is 0 Å². The summed E-state index contributed by atoms with van der Waals surface area (Å²) in [6.45, 7) is 9.02. The van der Waals surface area contributed by atoms with Crippen molar-refractivity contribution in [3.63, 3.8) is 0 Å². The molecule has 0 amide bonds. The number of fused-ring (bicyclic) bond motifs is 1. The van der Waals surface area contributed by atoms with Crippen LogP contribution in [0.5, 0.6) is 0 Å². The largest absolute Gasteiger partial charge is 0.0956 e. The zero-order valence-corrected chi connectivity index (χ0v) is 16.9. The molecule has 3 aliphatic carbocycles. The monoisotopic (exact) mass is 340 g/mol. The molecule has 0 radical (unpaired) electrons. The average Bonchev–Trinajstić information content (AvgIpc) is 3.02. The van der Waals surface area contributed by atoms with Crippen LogP contribution >= 0.6 is 0 Å². The van der Waals surface area contributed by atoms with Crippen molar-refractivity contribution in [1.29, 1.82) is 0 Å². The molecule has 140 valence electrons. The maximum absolute atomic E-state index is 4.29. The third-order valence-electron chi connectivity index (χ3n) is 7.18. The summed E-state index contributed by atoms with van der Waals surface area (Å²) in [6, 6.07) is 0. The first-order valence-corrected chi connectivity index (χ1v) is 11.2. The number of hydrogen-bond acceptors (Lipinski definition) is 0. The Morgan fingerprint density at radius 3 is 2.60 bits per heavy atom. The number of unbranched alkanes of at least 4 members (excludes halogenated alkanes) is 1. The number of hydrogen-bond donors (Lipinski definition) is 0. The first-order chi connectivity index (χ1) is 12.1.